The molecule has 0 saturated heterocycles. The average Bonchev–Trinajstić information content (AvgIpc) is 2.97. The molecular formula is C16H17NO2S. The number of ether oxygens (including phenoxy) is 1. The number of thioether (sulfide) groups is 1. The topological polar surface area (TPSA) is 42.1 Å². The lowest BCUT2D eigenvalue weighted by atomic mass is 10.0. The maximum atomic E-state index is 11.8. The highest BCUT2D eigenvalue weighted by atomic mass is 32.2. The van der Waals surface area contributed by atoms with Crippen LogP contribution in [0.25, 0.3) is 10.9 Å². The van der Waals surface area contributed by atoms with Crippen LogP contribution in [0.1, 0.15) is 29.9 Å². The number of carbonyl (C=O) groups excluding carboxylic acids is 1. The number of aromatic nitrogens is 1. The zero-order valence-electron chi connectivity index (χ0n) is 11.8. The highest BCUT2D eigenvalue weighted by Crippen LogP contribution is 2.50. The van der Waals surface area contributed by atoms with Gasteiger partial charge in [0.25, 0.3) is 0 Å². The lowest BCUT2D eigenvalue weighted by Crippen LogP contribution is -2.05. The van der Waals surface area contributed by atoms with Gasteiger partial charge in [-0.3, -0.25) is 0 Å². The van der Waals surface area contributed by atoms with E-state index in [1.807, 2.05) is 13.0 Å². The van der Waals surface area contributed by atoms with Crippen molar-refractivity contribution in [2.45, 2.75) is 25.5 Å². The monoisotopic (exact) mass is 287 g/mol. The SMILES string of the molecule is COC(=O)C1=C(C)SC(c2c(C)[nH]c3ccccc23)C1. The van der Waals surface area contributed by atoms with E-state index in [-0.39, 0.29) is 5.97 Å². The molecular weight excluding hydrogens is 270 g/mol. The first-order chi connectivity index (χ1) is 9.61. The summed E-state index contributed by atoms with van der Waals surface area (Å²) >= 11 is 1.76. The van der Waals surface area contributed by atoms with Gasteiger partial charge in [-0.05, 0) is 36.8 Å². The molecule has 0 saturated carbocycles. The van der Waals surface area contributed by atoms with Gasteiger partial charge in [-0.15, -0.1) is 11.8 Å². The van der Waals surface area contributed by atoms with E-state index in [1.165, 1.54) is 23.8 Å². The van der Waals surface area contributed by atoms with Crippen molar-refractivity contribution in [2.24, 2.45) is 0 Å². The Labute approximate surface area is 122 Å². The smallest absolute Gasteiger partial charge is 0.334 e. The normalized spacial score (nSPS) is 18.9. The number of fused-ring (bicyclic) bond motifs is 1. The van der Waals surface area contributed by atoms with E-state index >= 15 is 0 Å². The quantitative estimate of drug-likeness (QED) is 0.845. The van der Waals surface area contributed by atoms with E-state index in [4.69, 9.17) is 4.74 Å². The summed E-state index contributed by atoms with van der Waals surface area (Å²) in [6.45, 7) is 4.10. The number of H-pyrrole nitrogens is 1. The summed E-state index contributed by atoms with van der Waals surface area (Å²) < 4.78 is 4.87. The van der Waals surface area contributed by atoms with Crippen LogP contribution in [0.4, 0.5) is 0 Å². The number of allylic oxidation sites excluding steroid dienone is 1. The number of aryl methyl sites for hydroxylation is 1. The van der Waals surface area contributed by atoms with Crippen LogP contribution in [0, 0.1) is 6.92 Å². The van der Waals surface area contributed by atoms with Crippen LogP contribution >= 0.6 is 11.8 Å². The molecule has 0 bridgehead atoms. The molecule has 4 heteroatoms. The molecule has 1 aromatic heterocycles. The molecule has 0 aliphatic carbocycles. The standard InChI is InChI=1S/C16H17NO2S/c1-9-15(11-6-4-5-7-13(11)17-9)14-8-12(10(2)20-14)16(18)19-3/h4-7,14,17H,8H2,1-3H3. The number of carbonyl (C=O) groups is 1. The van der Waals surface area contributed by atoms with E-state index in [0.29, 0.717) is 5.25 Å². The van der Waals surface area contributed by atoms with Gasteiger partial charge < -0.3 is 9.72 Å². The molecule has 1 unspecified atom stereocenters. The van der Waals surface area contributed by atoms with Crippen molar-refractivity contribution in [1.82, 2.24) is 4.98 Å². The molecule has 3 nitrogen and oxygen atoms in total. The van der Waals surface area contributed by atoms with Crippen molar-refractivity contribution in [3.05, 3.63) is 46.0 Å². The average molecular weight is 287 g/mol. The second-order valence-electron chi connectivity index (χ2n) is 5.05. The van der Waals surface area contributed by atoms with Gasteiger partial charge >= 0.3 is 5.97 Å². The Morgan fingerprint density at radius 2 is 2.10 bits per heavy atom. The lowest BCUT2D eigenvalue weighted by Gasteiger charge is -2.10. The summed E-state index contributed by atoms with van der Waals surface area (Å²) in [4.78, 5) is 16.3. The first-order valence-electron chi connectivity index (χ1n) is 6.63. The third-order valence-corrected chi connectivity index (χ3v) is 5.12. The van der Waals surface area contributed by atoms with Gasteiger partial charge in [0.1, 0.15) is 0 Å². The second kappa shape index (κ2) is 5.02. The third-order valence-electron chi connectivity index (χ3n) is 3.83. The molecule has 1 N–H and O–H groups in total. The van der Waals surface area contributed by atoms with Crippen molar-refractivity contribution in [3.63, 3.8) is 0 Å². The van der Waals surface area contributed by atoms with Crippen LogP contribution in [0.3, 0.4) is 0 Å². The predicted octanol–water partition coefficient (Wildman–Crippen LogP) is 4.10. The maximum absolute atomic E-state index is 11.8. The van der Waals surface area contributed by atoms with E-state index in [9.17, 15) is 4.79 Å². The summed E-state index contributed by atoms with van der Waals surface area (Å²) in [6, 6.07) is 8.32. The van der Waals surface area contributed by atoms with Gasteiger partial charge in [0.2, 0.25) is 0 Å². The van der Waals surface area contributed by atoms with Crippen LogP contribution in [-0.2, 0) is 9.53 Å². The van der Waals surface area contributed by atoms with Gasteiger partial charge in [-0.25, -0.2) is 4.79 Å². The molecule has 2 aromatic rings. The third kappa shape index (κ3) is 2.04. The van der Waals surface area contributed by atoms with Gasteiger partial charge in [-0.1, -0.05) is 18.2 Å². The molecule has 1 atom stereocenters. The summed E-state index contributed by atoms with van der Waals surface area (Å²) in [6.07, 6.45) is 0.742. The molecule has 0 fully saturated rings. The Morgan fingerprint density at radius 1 is 1.35 bits per heavy atom. The Bertz CT molecular complexity index is 714. The number of para-hydroxylation sites is 1. The fourth-order valence-corrected chi connectivity index (χ4v) is 4.29. The summed E-state index contributed by atoms with van der Waals surface area (Å²) in [5.74, 6) is -0.199. The molecule has 1 aromatic carbocycles. The van der Waals surface area contributed by atoms with Crippen molar-refractivity contribution in [3.8, 4) is 0 Å². The van der Waals surface area contributed by atoms with E-state index in [0.717, 1.165) is 22.4 Å². The maximum Gasteiger partial charge on any atom is 0.334 e. The number of hydrogen-bond donors (Lipinski definition) is 1. The van der Waals surface area contributed by atoms with Gasteiger partial charge in [0.15, 0.2) is 0 Å². The minimum atomic E-state index is -0.199. The number of rotatable bonds is 2. The molecule has 2 heterocycles. The van der Waals surface area contributed by atoms with Crippen molar-refractivity contribution in [2.75, 3.05) is 7.11 Å². The van der Waals surface area contributed by atoms with Crippen molar-refractivity contribution >= 4 is 28.6 Å². The highest BCUT2D eigenvalue weighted by Gasteiger charge is 2.31. The fourth-order valence-electron chi connectivity index (χ4n) is 2.88. The molecule has 0 spiro atoms. The van der Waals surface area contributed by atoms with E-state index < -0.39 is 0 Å². The molecule has 104 valence electrons. The number of methoxy groups -OCH3 is 1. The predicted molar refractivity (Wildman–Crippen MR) is 82.7 cm³/mol. The van der Waals surface area contributed by atoms with E-state index in [2.05, 4.69) is 30.1 Å². The number of hydrogen-bond acceptors (Lipinski definition) is 3. The lowest BCUT2D eigenvalue weighted by molar-refractivity contribution is -0.136. The Hall–Kier alpha value is -1.68. The van der Waals surface area contributed by atoms with Crippen LogP contribution in [0.15, 0.2) is 34.7 Å². The van der Waals surface area contributed by atoms with Crippen LogP contribution < -0.4 is 0 Å². The minimum Gasteiger partial charge on any atom is -0.466 e. The molecule has 0 amide bonds. The van der Waals surface area contributed by atoms with Gasteiger partial charge in [0, 0.05) is 27.4 Å². The summed E-state index contributed by atoms with van der Waals surface area (Å²) in [5, 5.41) is 1.54. The first-order valence-corrected chi connectivity index (χ1v) is 7.51. The molecule has 0 radical (unpaired) electrons. The zero-order chi connectivity index (χ0) is 14.3. The zero-order valence-corrected chi connectivity index (χ0v) is 12.6. The van der Waals surface area contributed by atoms with Gasteiger partial charge in [-0.2, -0.15) is 0 Å². The van der Waals surface area contributed by atoms with Crippen LogP contribution in [-0.4, -0.2) is 18.1 Å². The largest absolute Gasteiger partial charge is 0.466 e. The number of nitrogens with one attached hydrogen (secondary N) is 1. The summed E-state index contributed by atoms with van der Waals surface area (Å²) in [7, 11) is 1.44. The first kappa shape index (κ1) is 13.3. The molecule has 20 heavy (non-hydrogen) atoms. The number of aromatic amines is 1. The highest BCUT2D eigenvalue weighted by molar-refractivity contribution is 8.03. The van der Waals surface area contributed by atoms with E-state index in [1.54, 1.807) is 11.8 Å². The Kier molecular flexibility index (Phi) is 3.34. The van der Waals surface area contributed by atoms with Crippen LogP contribution in [0.5, 0.6) is 0 Å². The fraction of sp³-hybridized carbons (Fsp3) is 0.312. The molecule has 1 aliphatic rings. The molecule has 3 rings (SSSR count). The number of esters is 1. The van der Waals surface area contributed by atoms with Crippen molar-refractivity contribution < 1.29 is 9.53 Å². The molecule has 1 aliphatic heterocycles. The van der Waals surface area contributed by atoms with Crippen LogP contribution in [0.2, 0.25) is 0 Å². The Balaban J connectivity index is 1.99. The second-order valence-corrected chi connectivity index (χ2v) is 6.46. The van der Waals surface area contributed by atoms with Gasteiger partial charge in [0.05, 0.1) is 7.11 Å². The number of benzene rings is 1. The minimum absolute atomic E-state index is 0.199. The van der Waals surface area contributed by atoms with Crippen molar-refractivity contribution in [1.29, 1.82) is 0 Å². The summed E-state index contributed by atoms with van der Waals surface area (Å²) in [5.41, 5.74) is 4.46. The Morgan fingerprint density at radius 3 is 2.85 bits per heavy atom.